The maximum atomic E-state index is 2.47. The second-order valence-electron chi connectivity index (χ2n) is 5.45. The van der Waals surface area contributed by atoms with E-state index in [0.717, 1.165) is 17.8 Å². The monoisotopic (exact) mass is 152 g/mol. The smallest absolute Gasteiger partial charge is 0.0323 e. The number of fused-ring (bicyclic) bond motifs is 2. The zero-order valence-electron chi connectivity index (χ0n) is 8.06. The van der Waals surface area contributed by atoms with E-state index >= 15 is 0 Å². The van der Waals surface area contributed by atoms with Gasteiger partial charge >= 0.3 is 0 Å². The molecule has 0 aromatic rings. The molecule has 2 aliphatic carbocycles. The van der Waals surface area contributed by atoms with Crippen molar-refractivity contribution < 1.29 is 0 Å². The van der Waals surface area contributed by atoms with Crippen molar-refractivity contribution in [2.75, 3.05) is 0 Å². The Morgan fingerprint density at radius 2 is 1.91 bits per heavy atom. The topological polar surface area (TPSA) is 0 Å². The summed E-state index contributed by atoms with van der Waals surface area (Å²) in [4.78, 5) is 0. The summed E-state index contributed by atoms with van der Waals surface area (Å²) < 4.78 is 0. The summed E-state index contributed by atoms with van der Waals surface area (Å²) in [5.41, 5.74) is 0.659. The fraction of sp³-hybridized carbons (Fsp3) is 1.00. The van der Waals surface area contributed by atoms with Crippen molar-refractivity contribution in [2.24, 2.45) is 23.2 Å². The lowest BCUT2D eigenvalue weighted by Gasteiger charge is -2.37. The highest BCUT2D eigenvalue weighted by Crippen LogP contribution is 2.54. The molecule has 0 aromatic carbocycles. The second-order valence-corrected chi connectivity index (χ2v) is 5.45. The van der Waals surface area contributed by atoms with Crippen LogP contribution in [-0.2, 0) is 0 Å². The second kappa shape index (κ2) is 2.24. The standard InChI is InChI=1S/C11H20/c1-8-6-9-4-5-11(2,3)10(8)7-9/h8-10H,4-7H2,1-3H3. The lowest BCUT2D eigenvalue weighted by Crippen LogP contribution is -2.28. The molecule has 2 aliphatic rings. The normalized spacial score (nSPS) is 47.7. The number of rotatable bonds is 0. The van der Waals surface area contributed by atoms with E-state index in [1.54, 1.807) is 0 Å². The van der Waals surface area contributed by atoms with Crippen molar-refractivity contribution in [1.82, 2.24) is 0 Å². The Morgan fingerprint density at radius 1 is 1.18 bits per heavy atom. The van der Waals surface area contributed by atoms with Gasteiger partial charge in [-0.15, -0.1) is 0 Å². The molecule has 64 valence electrons. The van der Waals surface area contributed by atoms with Gasteiger partial charge in [0, 0.05) is 0 Å². The van der Waals surface area contributed by atoms with Crippen LogP contribution in [0.1, 0.15) is 46.5 Å². The minimum Gasteiger partial charge on any atom is -0.0622 e. The number of hydrogen-bond donors (Lipinski definition) is 0. The van der Waals surface area contributed by atoms with Crippen LogP contribution in [0.5, 0.6) is 0 Å². The van der Waals surface area contributed by atoms with Gasteiger partial charge in [-0.3, -0.25) is 0 Å². The molecule has 2 fully saturated rings. The molecule has 0 radical (unpaired) electrons. The molecule has 11 heavy (non-hydrogen) atoms. The van der Waals surface area contributed by atoms with E-state index in [2.05, 4.69) is 20.8 Å². The van der Waals surface area contributed by atoms with E-state index in [1.165, 1.54) is 25.7 Å². The molecule has 0 spiro atoms. The zero-order chi connectivity index (χ0) is 8.06. The minimum atomic E-state index is 0.659. The van der Waals surface area contributed by atoms with Gasteiger partial charge in [0.25, 0.3) is 0 Å². The van der Waals surface area contributed by atoms with E-state index in [0.29, 0.717) is 5.41 Å². The van der Waals surface area contributed by atoms with Crippen LogP contribution in [-0.4, -0.2) is 0 Å². The van der Waals surface area contributed by atoms with E-state index in [4.69, 9.17) is 0 Å². The van der Waals surface area contributed by atoms with Gasteiger partial charge in [0.15, 0.2) is 0 Å². The Bertz CT molecular complexity index is 157. The molecule has 3 atom stereocenters. The van der Waals surface area contributed by atoms with Crippen LogP contribution in [0.25, 0.3) is 0 Å². The SMILES string of the molecule is CC1CC2CCC(C)(C)C1C2. The fourth-order valence-electron chi connectivity index (χ4n) is 3.46. The quantitative estimate of drug-likeness (QED) is 0.498. The molecular formula is C11H20. The van der Waals surface area contributed by atoms with Crippen molar-refractivity contribution in [3.63, 3.8) is 0 Å². The first kappa shape index (κ1) is 7.64. The fourth-order valence-corrected chi connectivity index (χ4v) is 3.46. The lowest BCUT2D eigenvalue weighted by molar-refractivity contribution is 0.126. The average molecular weight is 152 g/mol. The Labute approximate surface area is 70.4 Å². The van der Waals surface area contributed by atoms with Crippen LogP contribution in [0, 0.1) is 23.2 Å². The molecule has 0 N–H and O–H groups in total. The van der Waals surface area contributed by atoms with Gasteiger partial charge in [0.2, 0.25) is 0 Å². The molecule has 2 saturated carbocycles. The van der Waals surface area contributed by atoms with Crippen molar-refractivity contribution in [3.05, 3.63) is 0 Å². The highest BCUT2D eigenvalue weighted by molar-refractivity contribution is 4.94. The van der Waals surface area contributed by atoms with E-state index in [-0.39, 0.29) is 0 Å². The van der Waals surface area contributed by atoms with Crippen LogP contribution in [0.15, 0.2) is 0 Å². The van der Waals surface area contributed by atoms with Gasteiger partial charge in [0.1, 0.15) is 0 Å². The summed E-state index contributed by atoms with van der Waals surface area (Å²) in [6.45, 7) is 7.39. The van der Waals surface area contributed by atoms with Crippen molar-refractivity contribution in [1.29, 1.82) is 0 Å². The molecule has 3 unspecified atom stereocenters. The van der Waals surface area contributed by atoms with Crippen LogP contribution < -0.4 is 0 Å². The zero-order valence-corrected chi connectivity index (χ0v) is 8.06. The first-order valence-corrected chi connectivity index (χ1v) is 5.09. The van der Waals surface area contributed by atoms with E-state index < -0.39 is 0 Å². The van der Waals surface area contributed by atoms with Gasteiger partial charge in [0.05, 0.1) is 0 Å². The predicted octanol–water partition coefficient (Wildman–Crippen LogP) is 3.47. The van der Waals surface area contributed by atoms with Crippen LogP contribution >= 0.6 is 0 Å². The predicted molar refractivity (Wildman–Crippen MR) is 48.4 cm³/mol. The van der Waals surface area contributed by atoms with Gasteiger partial charge in [-0.2, -0.15) is 0 Å². The molecule has 2 rings (SSSR count). The van der Waals surface area contributed by atoms with E-state index in [9.17, 15) is 0 Å². The third-order valence-electron chi connectivity index (χ3n) is 4.18. The summed E-state index contributed by atoms with van der Waals surface area (Å²) in [5.74, 6) is 3.15. The van der Waals surface area contributed by atoms with Gasteiger partial charge < -0.3 is 0 Å². The van der Waals surface area contributed by atoms with Crippen LogP contribution in [0.4, 0.5) is 0 Å². The van der Waals surface area contributed by atoms with Gasteiger partial charge in [-0.1, -0.05) is 20.8 Å². The van der Waals surface area contributed by atoms with Crippen LogP contribution in [0.3, 0.4) is 0 Å². The molecule has 0 heterocycles. The number of hydrogen-bond acceptors (Lipinski definition) is 0. The average Bonchev–Trinajstić information content (AvgIpc) is 2.23. The van der Waals surface area contributed by atoms with Crippen molar-refractivity contribution in [3.8, 4) is 0 Å². The summed E-state index contributed by atoms with van der Waals surface area (Å²) in [7, 11) is 0. The molecule has 0 saturated heterocycles. The molecule has 0 aliphatic heterocycles. The third kappa shape index (κ3) is 1.11. The summed E-state index contributed by atoms with van der Waals surface area (Å²) in [5, 5.41) is 0. The molecule has 0 heteroatoms. The van der Waals surface area contributed by atoms with Gasteiger partial charge in [-0.25, -0.2) is 0 Å². The molecule has 0 amide bonds. The Hall–Kier alpha value is 0. The minimum absolute atomic E-state index is 0.659. The molecular weight excluding hydrogens is 132 g/mol. The van der Waals surface area contributed by atoms with Gasteiger partial charge in [-0.05, 0) is 48.9 Å². The Balaban J connectivity index is 2.19. The Morgan fingerprint density at radius 3 is 2.55 bits per heavy atom. The third-order valence-corrected chi connectivity index (χ3v) is 4.18. The maximum Gasteiger partial charge on any atom is -0.0323 e. The summed E-state index contributed by atoms with van der Waals surface area (Å²) in [6, 6.07) is 0. The van der Waals surface area contributed by atoms with E-state index in [1.807, 2.05) is 0 Å². The largest absolute Gasteiger partial charge is 0.0622 e. The molecule has 2 bridgehead atoms. The van der Waals surface area contributed by atoms with Crippen molar-refractivity contribution >= 4 is 0 Å². The maximum absolute atomic E-state index is 2.47. The van der Waals surface area contributed by atoms with Crippen molar-refractivity contribution in [2.45, 2.75) is 46.5 Å². The summed E-state index contributed by atoms with van der Waals surface area (Å²) in [6.07, 6.45) is 6.04. The van der Waals surface area contributed by atoms with Crippen LogP contribution in [0.2, 0.25) is 0 Å². The summed E-state index contributed by atoms with van der Waals surface area (Å²) >= 11 is 0. The first-order chi connectivity index (χ1) is 5.09. The highest BCUT2D eigenvalue weighted by atomic mass is 14.5. The highest BCUT2D eigenvalue weighted by Gasteiger charge is 2.44. The first-order valence-electron chi connectivity index (χ1n) is 5.09. The molecule has 0 aromatic heterocycles. The molecule has 0 nitrogen and oxygen atoms in total. The Kier molecular flexibility index (Phi) is 1.56. The lowest BCUT2D eigenvalue weighted by atomic mass is 9.68.